The van der Waals surface area contributed by atoms with E-state index in [4.69, 9.17) is 11.6 Å². The summed E-state index contributed by atoms with van der Waals surface area (Å²) in [4.78, 5) is 4.38. The lowest BCUT2D eigenvalue weighted by molar-refractivity contribution is 0.605. The van der Waals surface area contributed by atoms with Gasteiger partial charge in [-0.05, 0) is 30.0 Å². The van der Waals surface area contributed by atoms with Gasteiger partial charge in [0.05, 0.1) is 6.20 Å². The summed E-state index contributed by atoms with van der Waals surface area (Å²) in [5, 5.41) is 15.1. The second-order valence-corrected chi connectivity index (χ2v) is 5.69. The lowest BCUT2D eigenvalue weighted by Crippen LogP contribution is -2.10. The molecular weight excluding hydrogens is 286 g/mol. The zero-order valence-corrected chi connectivity index (χ0v) is 13.1. The summed E-state index contributed by atoms with van der Waals surface area (Å²) in [5.41, 5.74) is 1.13. The minimum absolute atomic E-state index is 0.553. The summed E-state index contributed by atoms with van der Waals surface area (Å²) in [6, 6.07) is 7.70. The molecule has 0 aliphatic carbocycles. The molecule has 0 unspecified atom stereocenters. The van der Waals surface area contributed by atoms with E-state index in [0.29, 0.717) is 24.2 Å². The Morgan fingerprint density at radius 3 is 2.62 bits per heavy atom. The zero-order chi connectivity index (χ0) is 15.1. The molecule has 21 heavy (non-hydrogen) atoms. The highest BCUT2D eigenvalue weighted by Gasteiger charge is 2.01. The van der Waals surface area contributed by atoms with Gasteiger partial charge in [0.15, 0.2) is 5.82 Å². The van der Waals surface area contributed by atoms with Crippen molar-refractivity contribution in [3.05, 3.63) is 41.0 Å². The highest BCUT2D eigenvalue weighted by atomic mass is 35.5. The smallest absolute Gasteiger partial charge is 0.244 e. The van der Waals surface area contributed by atoms with Crippen molar-refractivity contribution in [2.24, 2.45) is 5.92 Å². The average molecular weight is 306 g/mol. The number of nitrogens with zero attached hydrogens (tertiary/aromatic N) is 3. The van der Waals surface area contributed by atoms with Gasteiger partial charge in [0, 0.05) is 18.1 Å². The van der Waals surface area contributed by atoms with Crippen LogP contribution in [0.15, 0.2) is 30.5 Å². The van der Waals surface area contributed by atoms with E-state index >= 15 is 0 Å². The third-order valence-corrected chi connectivity index (χ3v) is 3.20. The summed E-state index contributed by atoms with van der Waals surface area (Å²) in [5.74, 6) is 1.90. The first-order valence-electron chi connectivity index (χ1n) is 7.05. The molecule has 0 bridgehead atoms. The minimum atomic E-state index is 0.553. The molecular formula is C15H20ClN5. The third-order valence-electron chi connectivity index (χ3n) is 2.95. The second kappa shape index (κ2) is 7.78. The van der Waals surface area contributed by atoms with Crippen LogP contribution in [0.4, 0.5) is 11.8 Å². The van der Waals surface area contributed by atoms with Crippen molar-refractivity contribution >= 4 is 23.4 Å². The third kappa shape index (κ3) is 5.55. The Labute approximate surface area is 130 Å². The summed E-state index contributed by atoms with van der Waals surface area (Å²) >= 11 is 5.86. The molecule has 1 aromatic carbocycles. The first-order valence-corrected chi connectivity index (χ1v) is 7.43. The van der Waals surface area contributed by atoms with Gasteiger partial charge >= 0.3 is 0 Å². The fourth-order valence-electron chi connectivity index (χ4n) is 1.73. The first kappa shape index (κ1) is 15.5. The molecule has 0 amide bonds. The minimum Gasteiger partial charge on any atom is -0.365 e. The predicted octanol–water partition coefficient (Wildman–Crippen LogP) is 3.60. The molecule has 0 aliphatic rings. The van der Waals surface area contributed by atoms with Gasteiger partial charge in [-0.15, -0.1) is 5.10 Å². The molecule has 0 aliphatic heterocycles. The molecule has 1 aromatic heterocycles. The summed E-state index contributed by atoms with van der Waals surface area (Å²) < 4.78 is 0. The Morgan fingerprint density at radius 2 is 1.90 bits per heavy atom. The van der Waals surface area contributed by atoms with Crippen LogP contribution in [0, 0.1) is 5.92 Å². The van der Waals surface area contributed by atoms with E-state index in [9.17, 15) is 0 Å². The van der Waals surface area contributed by atoms with Gasteiger partial charge in [0.2, 0.25) is 5.95 Å². The largest absolute Gasteiger partial charge is 0.365 e. The van der Waals surface area contributed by atoms with Crippen molar-refractivity contribution in [1.29, 1.82) is 0 Å². The average Bonchev–Trinajstić information content (AvgIpc) is 2.47. The van der Waals surface area contributed by atoms with Crippen LogP contribution in [0.2, 0.25) is 5.02 Å². The maximum atomic E-state index is 5.86. The molecule has 2 aromatic rings. The van der Waals surface area contributed by atoms with Gasteiger partial charge in [0.25, 0.3) is 0 Å². The van der Waals surface area contributed by atoms with Crippen molar-refractivity contribution in [2.75, 3.05) is 17.2 Å². The Balaban J connectivity index is 1.87. The number of rotatable bonds is 7. The number of benzene rings is 1. The topological polar surface area (TPSA) is 62.7 Å². The fourth-order valence-corrected chi connectivity index (χ4v) is 1.86. The van der Waals surface area contributed by atoms with Crippen LogP contribution in [-0.4, -0.2) is 21.7 Å². The van der Waals surface area contributed by atoms with Crippen molar-refractivity contribution < 1.29 is 0 Å². The molecule has 0 radical (unpaired) electrons. The van der Waals surface area contributed by atoms with Crippen LogP contribution in [-0.2, 0) is 6.54 Å². The van der Waals surface area contributed by atoms with Crippen LogP contribution in [0.5, 0.6) is 0 Å². The lowest BCUT2D eigenvalue weighted by atomic mass is 10.1. The van der Waals surface area contributed by atoms with Gasteiger partial charge in [-0.3, -0.25) is 0 Å². The Hall–Kier alpha value is -1.88. The molecule has 0 atom stereocenters. The van der Waals surface area contributed by atoms with Gasteiger partial charge in [-0.25, -0.2) is 0 Å². The molecule has 112 valence electrons. The van der Waals surface area contributed by atoms with E-state index in [2.05, 4.69) is 39.7 Å². The lowest BCUT2D eigenvalue weighted by Gasteiger charge is -2.08. The monoisotopic (exact) mass is 305 g/mol. The molecule has 6 heteroatoms. The number of hydrogen-bond donors (Lipinski definition) is 2. The van der Waals surface area contributed by atoms with Gasteiger partial charge in [-0.1, -0.05) is 37.6 Å². The van der Waals surface area contributed by atoms with Gasteiger partial charge < -0.3 is 10.6 Å². The first-order chi connectivity index (χ1) is 10.1. The van der Waals surface area contributed by atoms with Crippen LogP contribution >= 0.6 is 11.6 Å². The SMILES string of the molecule is CC(C)CCNc1nncc(NCc2ccc(Cl)cc2)n1. The van der Waals surface area contributed by atoms with Crippen molar-refractivity contribution in [3.8, 4) is 0 Å². The maximum Gasteiger partial charge on any atom is 0.244 e. The van der Waals surface area contributed by atoms with Crippen molar-refractivity contribution in [3.63, 3.8) is 0 Å². The number of hydrogen-bond acceptors (Lipinski definition) is 5. The van der Waals surface area contributed by atoms with Crippen molar-refractivity contribution in [1.82, 2.24) is 15.2 Å². The van der Waals surface area contributed by atoms with E-state index in [1.807, 2.05) is 24.3 Å². The summed E-state index contributed by atoms with van der Waals surface area (Å²) in [6.45, 7) is 5.89. The molecule has 0 saturated heterocycles. The Morgan fingerprint density at radius 1 is 1.14 bits per heavy atom. The number of nitrogens with one attached hydrogen (secondary N) is 2. The summed E-state index contributed by atoms with van der Waals surface area (Å²) in [6.07, 6.45) is 2.69. The van der Waals surface area contributed by atoms with Crippen LogP contribution < -0.4 is 10.6 Å². The maximum absolute atomic E-state index is 5.86. The fraction of sp³-hybridized carbons (Fsp3) is 0.400. The molecule has 2 N–H and O–H groups in total. The van der Waals surface area contributed by atoms with E-state index < -0.39 is 0 Å². The zero-order valence-electron chi connectivity index (χ0n) is 12.3. The molecule has 5 nitrogen and oxygen atoms in total. The van der Waals surface area contributed by atoms with Crippen LogP contribution in [0.1, 0.15) is 25.8 Å². The number of halogens is 1. The number of aromatic nitrogens is 3. The predicted molar refractivity (Wildman–Crippen MR) is 86.6 cm³/mol. The van der Waals surface area contributed by atoms with E-state index in [1.54, 1.807) is 6.20 Å². The van der Waals surface area contributed by atoms with Crippen LogP contribution in [0.3, 0.4) is 0 Å². The highest BCUT2D eigenvalue weighted by molar-refractivity contribution is 6.30. The van der Waals surface area contributed by atoms with E-state index in [1.165, 1.54) is 0 Å². The molecule has 2 rings (SSSR count). The molecule has 0 fully saturated rings. The molecule has 1 heterocycles. The Bertz CT molecular complexity index is 556. The molecule has 0 saturated carbocycles. The molecule has 0 spiro atoms. The second-order valence-electron chi connectivity index (χ2n) is 5.25. The van der Waals surface area contributed by atoms with E-state index in [-0.39, 0.29) is 0 Å². The quantitative estimate of drug-likeness (QED) is 0.818. The van der Waals surface area contributed by atoms with Crippen LogP contribution in [0.25, 0.3) is 0 Å². The summed E-state index contributed by atoms with van der Waals surface area (Å²) in [7, 11) is 0. The van der Waals surface area contributed by atoms with E-state index in [0.717, 1.165) is 23.6 Å². The Kier molecular flexibility index (Phi) is 5.75. The number of anilines is 2. The normalized spacial score (nSPS) is 10.7. The standard InChI is InChI=1S/C15H20ClN5/c1-11(2)7-8-17-15-20-14(10-19-21-15)18-9-12-3-5-13(16)6-4-12/h3-6,10-11H,7-9H2,1-2H3,(H2,17,18,20,21). The highest BCUT2D eigenvalue weighted by Crippen LogP contribution is 2.11. The van der Waals surface area contributed by atoms with Crippen molar-refractivity contribution in [2.45, 2.75) is 26.8 Å². The van der Waals surface area contributed by atoms with Gasteiger partial charge in [-0.2, -0.15) is 10.1 Å². The van der Waals surface area contributed by atoms with Gasteiger partial charge in [0.1, 0.15) is 0 Å².